The second-order valence-electron chi connectivity index (χ2n) is 8.37. The van der Waals surface area contributed by atoms with Crippen LogP contribution in [-0.2, 0) is 17.6 Å². The fourth-order valence-electron chi connectivity index (χ4n) is 4.19. The molecular formula is C25H25N3O4S. The third kappa shape index (κ3) is 4.71. The van der Waals surface area contributed by atoms with Crippen LogP contribution in [0.15, 0.2) is 48.5 Å². The van der Waals surface area contributed by atoms with Gasteiger partial charge in [-0.2, -0.15) is 0 Å². The lowest BCUT2D eigenvalue weighted by molar-refractivity contribution is -0.123. The molecule has 2 heterocycles. The van der Waals surface area contributed by atoms with E-state index >= 15 is 0 Å². The Kier molecular flexibility index (Phi) is 6.00. The number of hydrogen-bond acceptors (Lipinski definition) is 6. The molecule has 0 fully saturated rings. The van der Waals surface area contributed by atoms with Crippen LogP contribution in [0.25, 0.3) is 0 Å². The highest BCUT2D eigenvalue weighted by molar-refractivity contribution is 7.16. The Morgan fingerprint density at radius 3 is 2.82 bits per heavy atom. The van der Waals surface area contributed by atoms with Gasteiger partial charge in [0.05, 0.1) is 11.6 Å². The van der Waals surface area contributed by atoms with E-state index in [1.165, 1.54) is 16.9 Å². The Balaban J connectivity index is 1.19. The Bertz CT molecular complexity index is 1180. The van der Waals surface area contributed by atoms with Crippen molar-refractivity contribution in [2.45, 2.75) is 44.6 Å². The quantitative estimate of drug-likeness (QED) is 0.546. The number of hydrogen-bond donors (Lipinski definition) is 2. The minimum Gasteiger partial charge on any atom is -0.454 e. The molecule has 0 saturated carbocycles. The predicted molar refractivity (Wildman–Crippen MR) is 126 cm³/mol. The highest BCUT2D eigenvalue weighted by Crippen LogP contribution is 2.39. The molecule has 33 heavy (non-hydrogen) atoms. The van der Waals surface area contributed by atoms with E-state index in [4.69, 9.17) is 9.47 Å². The van der Waals surface area contributed by atoms with Gasteiger partial charge < -0.3 is 14.8 Å². The molecule has 1 aliphatic heterocycles. The largest absolute Gasteiger partial charge is 0.454 e. The van der Waals surface area contributed by atoms with Crippen molar-refractivity contribution in [3.63, 3.8) is 0 Å². The number of aromatic nitrogens is 1. The first-order chi connectivity index (χ1) is 16.1. The molecule has 2 aliphatic rings. The number of amides is 2. The molecule has 1 aliphatic carbocycles. The summed E-state index contributed by atoms with van der Waals surface area (Å²) in [6.45, 7) is 2.20. The number of benzene rings is 2. The predicted octanol–water partition coefficient (Wildman–Crippen LogP) is 4.29. The number of aryl methyl sites for hydroxylation is 2. The number of ether oxygens (including phenoxy) is 2. The van der Waals surface area contributed by atoms with E-state index < -0.39 is 0 Å². The maximum Gasteiger partial charge on any atom is 0.257 e. The molecule has 2 N–H and O–H groups in total. The number of nitrogens with zero attached hydrogens (tertiary/aromatic N) is 1. The molecule has 7 nitrogen and oxygen atoms in total. The minimum absolute atomic E-state index is 0.00765. The fraction of sp³-hybridized carbons (Fsp3) is 0.320. The molecule has 170 valence electrons. The summed E-state index contributed by atoms with van der Waals surface area (Å²) in [6, 6.07) is 15.4. The van der Waals surface area contributed by atoms with E-state index in [2.05, 4.69) is 27.8 Å². The topological polar surface area (TPSA) is 89.6 Å². The van der Waals surface area contributed by atoms with Gasteiger partial charge in [0.2, 0.25) is 12.7 Å². The third-order valence-electron chi connectivity index (χ3n) is 5.99. The van der Waals surface area contributed by atoms with Crippen molar-refractivity contribution in [2.24, 2.45) is 0 Å². The zero-order valence-corrected chi connectivity index (χ0v) is 19.1. The summed E-state index contributed by atoms with van der Waals surface area (Å²) in [6.07, 6.45) is 3.35. The average molecular weight is 464 g/mol. The summed E-state index contributed by atoms with van der Waals surface area (Å²) >= 11 is 1.44. The van der Waals surface area contributed by atoms with E-state index in [9.17, 15) is 9.59 Å². The summed E-state index contributed by atoms with van der Waals surface area (Å²) in [5.41, 5.74) is 2.52. The van der Waals surface area contributed by atoms with Crippen molar-refractivity contribution < 1.29 is 19.1 Å². The number of anilines is 1. The van der Waals surface area contributed by atoms with Crippen LogP contribution < -0.4 is 20.1 Å². The molecular weight excluding hydrogens is 438 g/mol. The smallest absolute Gasteiger partial charge is 0.257 e. The monoisotopic (exact) mass is 463 g/mol. The van der Waals surface area contributed by atoms with Crippen LogP contribution in [0, 0.1) is 0 Å². The van der Waals surface area contributed by atoms with Crippen LogP contribution in [0.5, 0.6) is 11.5 Å². The molecule has 1 aromatic heterocycles. The lowest BCUT2D eigenvalue weighted by atomic mass is 10.0. The first-order valence-electron chi connectivity index (χ1n) is 11.1. The highest BCUT2D eigenvalue weighted by Gasteiger charge is 2.33. The van der Waals surface area contributed by atoms with Gasteiger partial charge in [-0.05, 0) is 56.4 Å². The number of rotatable bonds is 7. The standard InChI is InChI=1S/C25H25N3O4S/c1-15(7-8-16-5-3-2-4-6-16)26-24(30)18-10-12-21-22(18)27-25(33-21)28-23(29)17-9-11-19-20(13-17)32-14-31-19/h2-6,9,11,13,15,18H,7-8,10,12,14H2,1H3,(H,26,30)(H,27,28,29). The minimum atomic E-state index is -0.272. The van der Waals surface area contributed by atoms with Gasteiger partial charge in [-0.25, -0.2) is 4.98 Å². The van der Waals surface area contributed by atoms with Crippen molar-refractivity contribution in [2.75, 3.05) is 12.1 Å². The lowest BCUT2D eigenvalue weighted by Crippen LogP contribution is -2.36. The number of carbonyl (C=O) groups is 2. The van der Waals surface area contributed by atoms with Gasteiger partial charge >= 0.3 is 0 Å². The second kappa shape index (κ2) is 9.23. The van der Waals surface area contributed by atoms with Gasteiger partial charge in [0.1, 0.15) is 0 Å². The number of fused-ring (bicyclic) bond motifs is 2. The van der Waals surface area contributed by atoms with Crippen molar-refractivity contribution in [3.05, 3.63) is 70.2 Å². The summed E-state index contributed by atoms with van der Waals surface area (Å²) in [4.78, 5) is 31.3. The summed E-state index contributed by atoms with van der Waals surface area (Å²) < 4.78 is 10.6. The Labute approximate surface area is 196 Å². The molecule has 5 rings (SSSR count). The molecule has 8 heteroatoms. The lowest BCUT2D eigenvalue weighted by Gasteiger charge is -2.17. The van der Waals surface area contributed by atoms with Crippen LogP contribution in [-0.4, -0.2) is 29.6 Å². The van der Waals surface area contributed by atoms with Crippen LogP contribution in [0.3, 0.4) is 0 Å². The normalized spacial score (nSPS) is 16.8. The van der Waals surface area contributed by atoms with Crippen molar-refractivity contribution in [3.8, 4) is 11.5 Å². The molecule has 0 spiro atoms. The van der Waals surface area contributed by atoms with E-state index in [1.54, 1.807) is 18.2 Å². The van der Waals surface area contributed by atoms with Gasteiger partial charge in [0.25, 0.3) is 5.91 Å². The van der Waals surface area contributed by atoms with E-state index in [0.717, 1.165) is 36.3 Å². The van der Waals surface area contributed by atoms with Gasteiger partial charge in [-0.3, -0.25) is 14.9 Å². The average Bonchev–Trinajstić information content (AvgIpc) is 3.53. The van der Waals surface area contributed by atoms with E-state index in [-0.39, 0.29) is 30.6 Å². The highest BCUT2D eigenvalue weighted by atomic mass is 32.1. The third-order valence-corrected chi connectivity index (χ3v) is 7.03. The fourth-order valence-corrected chi connectivity index (χ4v) is 5.22. The van der Waals surface area contributed by atoms with Gasteiger partial charge in [0, 0.05) is 16.5 Å². The number of carbonyl (C=O) groups excluding carboxylic acids is 2. The molecule has 2 atom stereocenters. The maximum atomic E-state index is 12.9. The summed E-state index contributed by atoms with van der Waals surface area (Å²) in [5, 5.41) is 6.51. The van der Waals surface area contributed by atoms with Crippen LogP contribution in [0.2, 0.25) is 0 Å². The molecule has 0 radical (unpaired) electrons. The van der Waals surface area contributed by atoms with Gasteiger partial charge in [-0.15, -0.1) is 11.3 Å². The Hall–Kier alpha value is -3.39. The summed E-state index contributed by atoms with van der Waals surface area (Å²) in [5.74, 6) is 0.658. The molecule has 2 aromatic carbocycles. The van der Waals surface area contributed by atoms with E-state index in [1.807, 2.05) is 25.1 Å². The molecule has 2 amide bonds. The first-order valence-corrected chi connectivity index (χ1v) is 11.9. The second-order valence-corrected chi connectivity index (χ2v) is 9.46. The Morgan fingerprint density at radius 1 is 1.15 bits per heavy atom. The number of nitrogens with one attached hydrogen (secondary N) is 2. The molecule has 3 aromatic rings. The SMILES string of the molecule is CC(CCc1ccccc1)NC(=O)C1CCc2sc(NC(=O)c3ccc4c(c3)OCO4)nc21. The zero-order chi connectivity index (χ0) is 22.8. The molecule has 2 unspecified atom stereocenters. The maximum absolute atomic E-state index is 12.9. The van der Waals surface area contributed by atoms with E-state index in [0.29, 0.717) is 22.2 Å². The van der Waals surface area contributed by atoms with Gasteiger partial charge in [-0.1, -0.05) is 30.3 Å². The van der Waals surface area contributed by atoms with Crippen molar-refractivity contribution in [1.29, 1.82) is 0 Å². The zero-order valence-electron chi connectivity index (χ0n) is 18.3. The molecule has 0 bridgehead atoms. The van der Waals surface area contributed by atoms with Crippen LogP contribution in [0.1, 0.15) is 52.2 Å². The Morgan fingerprint density at radius 2 is 1.97 bits per heavy atom. The van der Waals surface area contributed by atoms with Crippen LogP contribution >= 0.6 is 11.3 Å². The summed E-state index contributed by atoms with van der Waals surface area (Å²) in [7, 11) is 0. The van der Waals surface area contributed by atoms with Gasteiger partial charge in [0.15, 0.2) is 16.6 Å². The van der Waals surface area contributed by atoms with Crippen molar-refractivity contribution >= 4 is 28.3 Å². The molecule has 0 saturated heterocycles. The van der Waals surface area contributed by atoms with Crippen LogP contribution in [0.4, 0.5) is 5.13 Å². The number of thiazole rings is 1. The van der Waals surface area contributed by atoms with Crippen molar-refractivity contribution in [1.82, 2.24) is 10.3 Å². The first kappa shape index (κ1) is 21.5.